The molecule has 0 spiro atoms. The molecule has 0 unspecified atom stereocenters. The van der Waals surface area contributed by atoms with Gasteiger partial charge in [0.2, 0.25) is 5.91 Å². The molecule has 5 nitrogen and oxygen atoms in total. The summed E-state index contributed by atoms with van der Waals surface area (Å²) >= 11 is 2.78. The van der Waals surface area contributed by atoms with E-state index in [2.05, 4.69) is 10.3 Å². The maximum Gasteiger partial charge on any atom is 0.338 e. The van der Waals surface area contributed by atoms with Gasteiger partial charge in [0, 0.05) is 16.3 Å². The van der Waals surface area contributed by atoms with Crippen LogP contribution < -0.4 is 5.32 Å². The van der Waals surface area contributed by atoms with Gasteiger partial charge in [-0.25, -0.2) is 9.78 Å². The Kier molecular flexibility index (Phi) is 4.87. The number of thiophene rings is 1. The van der Waals surface area contributed by atoms with Gasteiger partial charge >= 0.3 is 5.97 Å². The van der Waals surface area contributed by atoms with Crippen molar-refractivity contribution in [2.75, 3.05) is 5.32 Å². The molecule has 7 heteroatoms. The molecule has 2 aromatic heterocycles. The molecule has 2 rings (SSSR count). The first-order chi connectivity index (χ1) is 9.99. The van der Waals surface area contributed by atoms with Crippen molar-refractivity contribution in [1.82, 2.24) is 4.98 Å². The van der Waals surface area contributed by atoms with Crippen LogP contribution in [0.3, 0.4) is 0 Å². The largest absolute Gasteiger partial charge is 0.478 e. The molecule has 0 radical (unpaired) electrons. The van der Waals surface area contributed by atoms with Crippen LogP contribution in [0.2, 0.25) is 0 Å². The van der Waals surface area contributed by atoms with E-state index in [4.69, 9.17) is 5.11 Å². The first kappa shape index (κ1) is 15.4. The third kappa shape index (κ3) is 3.99. The minimum atomic E-state index is -1.04. The summed E-state index contributed by atoms with van der Waals surface area (Å²) < 4.78 is 0. The number of carbonyl (C=O) groups excluding carboxylic acids is 1. The average molecular weight is 322 g/mol. The van der Waals surface area contributed by atoms with Crippen molar-refractivity contribution in [3.05, 3.63) is 38.7 Å². The molecule has 0 atom stereocenters. The molecule has 0 bridgehead atoms. The van der Waals surface area contributed by atoms with Crippen LogP contribution in [0.5, 0.6) is 0 Å². The number of hydrogen-bond acceptors (Lipinski definition) is 5. The summed E-state index contributed by atoms with van der Waals surface area (Å²) in [7, 11) is 0. The Labute approximate surface area is 130 Å². The van der Waals surface area contributed by atoms with Gasteiger partial charge in [-0.15, -0.1) is 22.7 Å². The van der Waals surface area contributed by atoms with Crippen LogP contribution in [0.4, 0.5) is 5.00 Å². The van der Waals surface area contributed by atoms with Gasteiger partial charge in [0.15, 0.2) is 0 Å². The summed E-state index contributed by atoms with van der Waals surface area (Å²) in [6.45, 7) is 3.83. The number of aromatic carboxylic acids is 1. The van der Waals surface area contributed by atoms with Crippen molar-refractivity contribution >= 4 is 45.6 Å². The lowest BCUT2D eigenvalue weighted by Crippen LogP contribution is -2.09. The number of carbonyl (C=O) groups is 2. The monoisotopic (exact) mass is 322 g/mol. The SMILES string of the molecule is CCc1cc(C(=O)O)c(NC(=O)C=Cc2csc(C)n2)s1. The molecule has 0 aliphatic carbocycles. The Balaban J connectivity index is 2.10. The van der Waals surface area contributed by atoms with E-state index in [9.17, 15) is 9.59 Å². The van der Waals surface area contributed by atoms with Crippen molar-refractivity contribution in [3.63, 3.8) is 0 Å². The highest BCUT2D eigenvalue weighted by Crippen LogP contribution is 2.28. The Bertz CT molecular complexity index is 701. The Hall–Kier alpha value is -1.99. The summed E-state index contributed by atoms with van der Waals surface area (Å²) in [5.41, 5.74) is 0.842. The Morgan fingerprint density at radius 2 is 2.24 bits per heavy atom. The highest BCUT2D eigenvalue weighted by molar-refractivity contribution is 7.16. The predicted octanol–water partition coefficient (Wildman–Crippen LogP) is 3.43. The number of anilines is 1. The molecule has 0 aliphatic rings. The summed E-state index contributed by atoms with van der Waals surface area (Å²) in [6.07, 6.45) is 3.69. The fourth-order valence-electron chi connectivity index (χ4n) is 1.64. The lowest BCUT2D eigenvalue weighted by molar-refractivity contribution is -0.111. The standard InChI is InChI=1S/C14H14N2O3S2/c1-3-10-6-11(14(18)19)13(21-10)16-12(17)5-4-9-7-20-8(2)15-9/h4-7H,3H2,1-2H3,(H,16,17)(H,18,19). The first-order valence-corrected chi connectivity index (χ1v) is 7.96. The zero-order valence-electron chi connectivity index (χ0n) is 11.5. The molecule has 0 aliphatic heterocycles. The van der Waals surface area contributed by atoms with Crippen LogP contribution in [0, 0.1) is 6.92 Å². The van der Waals surface area contributed by atoms with E-state index in [1.807, 2.05) is 19.2 Å². The summed E-state index contributed by atoms with van der Waals surface area (Å²) in [5.74, 6) is -1.41. The lowest BCUT2D eigenvalue weighted by Gasteiger charge is -1.99. The van der Waals surface area contributed by atoms with E-state index in [0.29, 0.717) is 10.7 Å². The highest BCUT2D eigenvalue weighted by atomic mass is 32.1. The highest BCUT2D eigenvalue weighted by Gasteiger charge is 2.15. The maximum atomic E-state index is 11.9. The molecule has 2 heterocycles. The van der Waals surface area contributed by atoms with Gasteiger partial charge in [-0.1, -0.05) is 6.92 Å². The zero-order chi connectivity index (χ0) is 15.4. The van der Waals surface area contributed by atoms with E-state index in [0.717, 1.165) is 16.3 Å². The van der Waals surface area contributed by atoms with Crippen molar-refractivity contribution in [3.8, 4) is 0 Å². The fourth-order valence-corrected chi connectivity index (χ4v) is 3.21. The van der Waals surface area contributed by atoms with Gasteiger partial charge in [-0.3, -0.25) is 4.79 Å². The molecule has 1 amide bonds. The van der Waals surface area contributed by atoms with Crippen molar-refractivity contribution in [1.29, 1.82) is 0 Å². The smallest absolute Gasteiger partial charge is 0.338 e. The van der Waals surface area contributed by atoms with E-state index in [-0.39, 0.29) is 11.5 Å². The Morgan fingerprint density at radius 3 is 2.81 bits per heavy atom. The van der Waals surface area contributed by atoms with Crippen LogP contribution >= 0.6 is 22.7 Å². The molecule has 0 saturated carbocycles. The molecule has 2 aromatic rings. The summed E-state index contributed by atoms with van der Waals surface area (Å²) in [5, 5.41) is 14.9. The second kappa shape index (κ2) is 6.64. The van der Waals surface area contributed by atoms with E-state index >= 15 is 0 Å². The van der Waals surface area contributed by atoms with Crippen LogP contribution in [-0.4, -0.2) is 22.0 Å². The number of amides is 1. The number of hydrogen-bond donors (Lipinski definition) is 2. The topological polar surface area (TPSA) is 79.3 Å². The fraction of sp³-hybridized carbons (Fsp3) is 0.214. The minimum absolute atomic E-state index is 0.128. The van der Waals surface area contributed by atoms with Crippen molar-refractivity contribution in [2.45, 2.75) is 20.3 Å². The molecule has 0 saturated heterocycles. The average Bonchev–Trinajstić information content (AvgIpc) is 3.02. The number of carboxylic acids is 1. The van der Waals surface area contributed by atoms with Crippen molar-refractivity contribution in [2.24, 2.45) is 0 Å². The second-order valence-corrected chi connectivity index (χ2v) is 6.43. The van der Waals surface area contributed by atoms with Crippen LogP contribution in [0.1, 0.15) is 32.9 Å². The van der Waals surface area contributed by atoms with E-state index in [1.54, 1.807) is 12.1 Å². The van der Waals surface area contributed by atoms with E-state index in [1.165, 1.54) is 28.7 Å². The number of rotatable bonds is 5. The number of carboxylic acid groups (broad SMARTS) is 1. The molecule has 21 heavy (non-hydrogen) atoms. The molecule has 2 N–H and O–H groups in total. The van der Waals surface area contributed by atoms with Gasteiger partial charge in [0.1, 0.15) is 5.00 Å². The van der Waals surface area contributed by atoms with E-state index < -0.39 is 5.97 Å². The molecule has 0 aromatic carbocycles. The number of nitrogens with zero attached hydrogens (tertiary/aromatic N) is 1. The quantitative estimate of drug-likeness (QED) is 0.827. The van der Waals surface area contributed by atoms with Crippen molar-refractivity contribution < 1.29 is 14.7 Å². The summed E-state index contributed by atoms with van der Waals surface area (Å²) in [6, 6.07) is 1.59. The molecule has 0 fully saturated rings. The van der Waals surface area contributed by atoms with Gasteiger partial charge in [0.05, 0.1) is 16.3 Å². The number of nitrogens with one attached hydrogen (secondary N) is 1. The first-order valence-electron chi connectivity index (χ1n) is 6.26. The maximum absolute atomic E-state index is 11.9. The molecule has 110 valence electrons. The zero-order valence-corrected chi connectivity index (χ0v) is 13.2. The summed E-state index contributed by atoms with van der Waals surface area (Å²) in [4.78, 5) is 28.1. The lowest BCUT2D eigenvalue weighted by atomic mass is 10.2. The third-order valence-corrected chi connectivity index (χ3v) is 4.63. The number of aromatic nitrogens is 1. The number of thiazole rings is 1. The van der Waals surface area contributed by atoms with Crippen LogP contribution in [0.25, 0.3) is 6.08 Å². The van der Waals surface area contributed by atoms with Gasteiger partial charge in [-0.05, 0) is 25.5 Å². The normalized spacial score (nSPS) is 11.0. The second-order valence-electron chi connectivity index (χ2n) is 4.23. The number of aryl methyl sites for hydroxylation is 2. The van der Waals surface area contributed by atoms with Gasteiger partial charge in [-0.2, -0.15) is 0 Å². The van der Waals surface area contributed by atoms with Crippen LogP contribution in [0.15, 0.2) is 17.5 Å². The van der Waals surface area contributed by atoms with Crippen LogP contribution in [-0.2, 0) is 11.2 Å². The molecular weight excluding hydrogens is 308 g/mol. The predicted molar refractivity (Wildman–Crippen MR) is 85.2 cm³/mol. The minimum Gasteiger partial charge on any atom is -0.478 e. The molecular formula is C14H14N2O3S2. The van der Waals surface area contributed by atoms with Gasteiger partial charge in [0.25, 0.3) is 0 Å². The van der Waals surface area contributed by atoms with Gasteiger partial charge < -0.3 is 10.4 Å². The third-order valence-electron chi connectivity index (χ3n) is 2.64. The Morgan fingerprint density at radius 1 is 1.48 bits per heavy atom.